The summed E-state index contributed by atoms with van der Waals surface area (Å²) in [5, 5.41) is 5.00. The van der Waals surface area contributed by atoms with Crippen molar-refractivity contribution < 1.29 is 4.79 Å². The Bertz CT molecular complexity index is 1070. The highest BCUT2D eigenvalue weighted by molar-refractivity contribution is 7.15. The minimum absolute atomic E-state index is 0.0406. The molecule has 1 amide bonds. The van der Waals surface area contributed by atoms with Crippen molar-refractivity contribution in [3.8, 4) is 11.3 Å². The van der Waals surface area contributed by atoms with Crippen molar-refractivity contribution in [3.05, 3.63) is 77.9 Å². The summed E-state index contributed by atoms with van der Waals surface area (Å²) < 4.78 is 2.01. The minimum Gasteiger partial charge on any atom is -0.325 e. The van der Waals surface area contributed by atoms with Crippen LogP contribution in [0.4, 0.5) is 5.69 Å². The monoisotopic (exact) mass is 389 g/mol. The normalized spacial score (nSPS) is 19.1. The van der Waals surface area contributed by atoms with Crippen molar-refractivity contribution in [1.29, 1.82) is 0 Å². The molecule has 3 N–H and O–H groups in total. The Morgan fingerprint density at radius 1 is 1.11 bits per heavy atom. The lowest BCUT2D eigenvalue weighted by Gasteiger charge is -2.11. The van der Waals surface area contributed by atoms with Gasteiger partial charge in [0, 0.05) is 35.1 Å². The second-order valence-corrected chi connectivity index (χ2v) is 7.70. The van der Waals surface area contributed by atoms with E-state index in [1.54, 1.807) is 11.3 Å². The Morgan fingerprint density at radius 3 is 2.71 bits per heavy atom. The number of benzene rings is 2. The van der Waals surface area contributed by atoms with Crippen LogP contribution < -0.4 is 16.2 Å². The van der Waals surface area contributed by atoms with Gasteiger partial charge in [-0.15, -0.1) is 11.3 Å². The van der Waals surface area contributed by atoms with E-state index < -0.39 is 0 Å². The van der Waals surface area contributed by atoms with E-state index in [1.807, 2.05) is 64.6 Å². The molecule has 7 heteroatoms. The van der Waals surface area contributed by atoms with Crippen molar-refractivity contribution in [1.82, 2.24) is 20.2 Å². The quantitative estimate of drug-likeness (QED) is 0.499. The van der Waals surface area contributed by atoms with Gasteiger partial charge in [0.2, 0.25) is 5.91 Å². The molecule has 0 spiro atoms. The Balaban J connectivity index is 1.24. The van der Waals surface area contributed by atoms with E-state index in [0.29, 0.717) is 6.42 Å². The summed E-state index contributed by atoms with van der Waals surface area (Å²) in [6, 6.07) is 17.8. The number of thiazole rings is 1. The van der Waals surface area contributed by atoms with Gasteiger partial charge in [0.15, 0.2) is 4.96 Å². The number of anilines is 1. The van der Waals surface area contributed by atoms with Crippen LogP contribution in [0.25, 0.3) is 16.2 Å². The first-order valence-corrected chi connectivity index (χ1v) is 10.0. The molecule has 0 bridgehead atoms. The highest BCUT2D eigenvalue weighted by Crippen LogP contribution is 2.25. The number of carbonyl (C=O) groups excluding carboxylic acids is 1. The predicted molar refractivity (Wildman–Crippen MR) is 111 cm³/mol. The molecular formula is C21H19N5OS. The van der Waals surface area contributed by atoms with E-state index in [-0.39, 0.29) is 18.0 Å². The molecular weight excluding hydrogens is 370 g/mol. The van der Waals surface area contributed by atoms with Gasteiger partial charge in [-0.05, 0) is 24.1 Å². The van der Waals surface area contributed by atoms with Gasteiger partial charge < -0.3 is 5.32 Å². The molecule has 0 aliphatic carbocycles. The number of hydrogen-bond donors (Lipinski definition) is 3. The zero-order valence-corrected chi connectivity index (χ0v) is 15.8. The molecule has 28 heavy (non-hydrogen) atoms. The maximum absolute atomic E-state index is 12.6. The van der Waals surface area contributed by atoms with E-state index >= 15 is 0 Å². The van der Waals surface area contributed by atoms with E-state index in [2.05, 4.69) is 33.3 Å². The number of nitrogens with zero attached hydrogens (tertiary/aromatic N) is 2. The standard InChI is InChI=1S/C21H19N5OS/c27-20(18-12-17(24-25-18)14-4-2-1-3-5-14)22-16-8-6-15(7-9-16)19-13-26-10-11-28-21(26)23-19/h1-11,13,17-18,24-25H,12H2,(H,22,27). The van der Waals surface area contributed by atoms with Crippen LogP contribution in [0, 0.1) is 0 Å². The second kappa shape index (κ2) is 7.20. The average molecular weight is 389 g/mol. The highest BCUT2D eigenvalue weighted by atomic mass is 32.1. The molecule has 4 aromatic rings. The zero-order valence-electron chi connectivity index (χ0n) is 15.0. The van der Waals surface area contributed by atoms with Gasteiger partial charge in [-0.25, -0.2) is 15.8 Å². The van der Waals surface area contributed by atoms with E-state index in [1.165, 1.54) is 5.56 Å². The van der Waals surface area contributed by atoms with Crippen LogP contribution in [0.2, 0.25) is 0 Å². The van der Waals surface area contributed by atoms with Crippen LogP contribution in [0.1, 0.15) is 18.0 Å². The summed E-state index contributed by atoms with van der Waals surface area (Å²) in [5.74, 6) is -0.0406. The summed E-state index contributed by atoms with van der Waals surface area (Å²) in [7, 11) is 0. The third kappa shape index (κ3) is 3.31. The number of carbonyl (C=O) groups is 1. The molecule has 2 aromatic carbocycles. The molecule has 1 aliphatic heterocycles. The summed E-state index contributed by atoms with van der Waals surface area (Å²) in [6.07, 6.45) is 4.72. The number of aromatic nitrogens is 2. The highest BCUT2D eigenvalue weighted by Gasteiger charge is 2.30. The Kier molecular flexibility index (Phi) is 4.40. The topological polar surface area (TPSA) is 70.5 Å². The number of hydrazine groups is 1. The van der Waals surface area contributed by atoms with Gasteiger partial charge in [-0.1, -0.05) is 42.5 Å². The maximum Gasteiger partial charge on any atom is 0.242 e. The number of rotatable bonds is 4. The van der Waals surface area contributed by atoms with E-state index in [0.717, 1.165) is 21.9 Å². The lowest BCUT2D eigenvalue weighted by atomic mass is 10.0. The molecule has 2 atom stereocenters. The molecule has 3 heterocycles. The number of imidazole rings is 1. The molecule has 2 aromatic heterocycles. The molecule has 5 rings (SSSR count). The third-order valence-corrected chi connectivity index (χ3v) is 5.73. The summed E-state index contributed by atoms with van der Waals surface area (Å²) in [6.45, 7) is 0. The average Bonchev–Trinajstić information content (AvgIpc) is 3.45. The molecule has 1 aliphatic rings. The Labute approximate surface area is 166 Å². The smallest absolute Gasteiger partial charge is 0.242 e. The first kappa shape index (κ1) is 17.1. The lowest BCUT2D eigenvalue weighted by molar-refractivity contribution is -0.117. The molecule has 6 nitrogen and oxygen atoms in total. The number of fused-ring (bicyclic) bond motifs is 1. The first-order chi connectivity index (χ1) is 13.8. The predicted octanol–water partition coefficient (Wildman–Crippen LogP) is 3.61. The van der Waals surface area contributed by atoms with Crippen molar-refractivity contribution in [2.75, 3.05) is 5.32 Å². The number of hydrogen-bond acceptors (Lipinski definition) is 5. The van der Waals surface area contributed by atoms with Crippen molar-refractivity contribution in [3.63, 3.8) is 0 Å². The molecule has 1 fully saturated rings. The van der Waals surface area contributed by atoms with Crippen LogP contribution in [0.3, 0.4) is 0 Å². The van der Waals surface area contributed by atoms with Crippen LogP contribution in [-0.2, 0) is 4.79 Å². The van der Waals surface area contributed by atoms with Gasteiger partial charge in [0.05, 0.1) is 5.69 Å². The zero-order chi connectivity index (χ0) is 18.9. The Hall–Kier alpha value is -3.00. The summed E-state index contributed by atoms with van der Waals surface area (Å²) >= 11 is 1.61. The van der Waals surface area contributed by atoms with E-state index in [9.17, 15) is 4.79 Å². The van der Waals surface area contributed by atoms with Crippen molar-refractivity contribution >= 4 is 27.9 Å². The fourth-order valence-corrected chi connectivity index (χ4v) is 4.15. The lowest BCUT2D eigenvalue weighted by Crippen LogP contribution is -2.39. The van der Waals surface area contributed by atoms with Crippen LogP contribution in [0.15, 0.2) is 72.4 Å². The van der Waals surface area contributed by atoms with Gasteiger partial charge in [0.1, 0.15) is 6.04 Å². The number of amides is 1. The van der Waals surface area contributed by atoms with Crippen LogP contribution in [0.5, 0.6) is 0 Å². The van der Waals surface area contributed by atoms with Gasteiger partial charge >= 0.3 is 0 Å². The molecule has 1 saturated heterocycles. The first-order valence-electron chi connectivity index (χ1n) is 9.16. The third-order valence-electron chi connectivity index (χ3n) is 4.96. The van der Waals surface area contributed by atoms with E-state index in [4.69, 9.17) is 0 Å². The Morgan fingerprint density at radius 2 is 1.93 bits per heavy atom. The van der Waals surface area contributed by atoms with Gasteiger partial charge in [-0.3, -0.25) is 9.20 Å². The summed E-state index contributed by atoms with van der Waals surface area (Å²) in [4.78, 5) is 18.2. The van der Waals surface area contributed by atoms with Crippen LogP contribution >= 0.6 is 11.3 Å². The fraction of sp³-hybridized carbons (Fsp3) is 0.143. The second-order valence-electron chi connectivity index (χ2n) is 6.83. The van der Waals surface area contributed by atoms with Crippen molar-refractivity contribution in [2.24, 2.45) is 0 Å². The van der Waals surface area contributed by atoms with Gasteiger partial charge in [0.25, 0.3) is 0 Å². The fourth-order valence-electron chi connectivity index (χ4n) is 3.45. The summed E-state index contributed by atoms with van der Waals surface area (Å²) in [5.41, 5.74) is 10.2. The minimum atomic E-state index is -0.273. The molecule has 140 valence electrons. The molecule has 0 saturated carbocycles. The van der Waals surface area contributed by atoms with Crippen molar-refractivity contribution in [2.45, 2.75) is 18.5 Å². The van der Waals surface area contributed by atoms with Gasteiger partial charge in [-0.2, -0.15) is 0 Å². The SMILES string of the molecule is O=C(Nc1ccc(-c2cn3ccsc3n2)cc1)C1CC(c2ccccc2)NN1. The maximum atomic E-state index is 12.6. The largest absolute Gasteiger partial charge is 0.325 e. The molecule has 2 unspecified atom stereocenters. The number of nitrogens with one attached hydrogen (secondary N) is 3. The van der Waals surface area contributed by atoms with Crippen LogP contribution in [-0.4, -0.2) is 21.3 Å². The molecule has 0 radical (unpaired) electrons.